The van der Waals surface area contributed by atoms with Crippen LogP contribution in [0.5, 0.6) is 5.75 Å². The Morgan fingerprint density at radius 3 is 2.30 bits per heavy atom. The van der Waals surface area contributed by atoms with Crippen LogP contribution in [0.1, 0.15) is 24.0 Å². The van der Waals surface area contributed by atoms with Gasteiger partial charge >= 0.3 is 5.97 Å². The van der Waals surface area contributed by atoms with E-state index in [4.69, 9.17) is 14.6 Å². The summed E-state index contributed by atoms with van der Waals surface area (Å²) in [5.74, 6) is -0.657. The summed E-state index contributed by atoms with van der Waals surface area (Å²) in [6.45, 7) is 2.71. The molecular formula is C21H23NO5. The number of hydrogen-bond donors (Lipinski definition) is 2. The average Bonchev–Trinajstić information content (AvgIpc) is 2.68. The van der Waals surface area contributed by atoms with E-state index >= 15 is 0 Å². The van der Waals surface area contributed by atoms with E-state index in [1.807, 2.05) is 31.2 Å². The van der Waals surface area contributed by atoms with Crippen LogP contribution in [0.4, 0.5) is 5.69 Å². The Morgan fingerprint density at radius 1 is 1.07 bits per heavy atom. The van der Waals surface area contributed by atoms with Crippen LogP contribution in [-0.2, 0) is 19.7 Å². The Balaban J connectivity index is 1.77. The maximum absolute atomic E-state index is 13.2. The van der Waals surface area contributed by atoms with Crippen LogP contribution < -0.4 is 10.1 Å². The number of carbonyl (C=O) groups excluding carboxylic acids is 1. The largest absolute Gasteiger partial charge is 0.482 e. The molecule has 1 aliphatic heterocycles. The van der Waals surface area contributed by atoms with Gasteiger partial charge in [-0.15, -0.1) is 0 Å². The van der Waals surface area contributed by atoms with Crippen molar-refractivity contribution < 1.29 is 24.2 Å². The molecule has 0 aliphatic carbocycles. The standard InChI is InChI=1S/C21H23NO5/c1-15-2-4-16(5-3-15)21(10-12-26-13-11-21)20(25)22-17-6-8-18(9-7-17)27-14-19(23)24/h2-9H,10-14H2,1H3,(H,22,25)(H,23,24). The number of anilines is 1. The molecule has 6 heteroatoms. The summed E-state index contributed by atoms with van der Waals surface area (Å²) in [7, 11) is 0. The molecule has 0 spiro atoms. The van der Waals surface area contributed by atoms with Crippen molar-refractivity contribution in [3.63, 3.8) is 0 Å². The quantitative estimate of drug-likeness (QED) is 0.817. The van der Waals surface area contributed by atoms with Crippen LogP contribution in [0.25, 0.3) is 0 Å². The fourth-order valence-corrected chi connectivity index (χ4v) is 3.27. The molecule has 0 aromatic heterocycles. The van der Waals surface area contributed by atoms with Gasteiger partial charge in [0.2, 0.25) is 5.91 Å². The molecule has 1 aliphatic rings. The molecule has 2 aromatic carbocycles. The van der Waals surface area contributed by atoms with Gasteiger partial charge in [0, 0.05) is 18.9 Å². The second-order valence-electron chi connectivity index (χ2n) is 6.72. The smallest absolute Gasteiger partial charge is 0.341 e. The first-order valence-electron chi connectivity index (χ1n) is 8.91. The molecule has 2 N–H and O–H groups in total. The minimum atomic E-state index is -1.04. The highest BCUT2D eigenvalue weighted by molar-refractivity contribution is 5.99. The van der Waals surface area contributed by atoms with E-state index in [0.717, 1.165) is 11.1 Å². The van der Waals surface area contributed by atoms with Crippen molar-refractivity contribution in [2.24, 2.45) is 0 Å². The summed E-state index contributed by atoms with van der Waals surface area (Å²) < 4.78 is 10.6. The lowest BCUT2D eigenvalue weighted by molar-refractivity contribution is -0.139. The lowest BCUT2D eigenvalue weighted by Crippen LogP contribution is -2.44. The summed E-state index contributed by atoms with van der Waals surface area (Å²) in [6.07, 6.45) is 1.25. The number of carbonyl (C=O) groups is 2. The number of rotatable bonds is 6. The number of aryl methyl sites for hydroxylation is 1. The van der Waals surface area contributed by atoms with E-state index in [2.05, 4.69) is 5.32 Å². The maximum atomic E-state index is 13.2. The van der Waals surface area contributed by atoms with Gasteiger partial charge in [0.25, 0.3) is 0 Å². The van der Waals surface area contributed by atoms with Crippen LogP contribution in [0.3, 0.4) is 0 Å². The number of aliphatic carboxylic acids is 1. The highest BCUT2D eigenvalue weighted by atomic mass is 16.5. The minimum absolute atomic E-state index is 0.0612. The van der Waals surface area contributed by atoms with Gasteiger partial charge in [-0.3, -0.25) is 4.79 Å². The molecule has 6 nitrogen and oxygen atoms in total. The normalized spacial score (nSPS) is 15.7. The van der Waals surface area contributed by atoms with E-state index < -0.39 is 18.0 Å². The van der Waals surface area contributed by atoms with Crippen LogP contribution in [0.2, 0.25) is 0 Å². The summed E-state index contributed by atoms with van der Waals surface area (Å²) in [5, 5.41) is 11.6. The Bertz CT molecular complexity index is 792. The Hall–Kier alpha value is -2.86. The fourth-order valence-electron chi connectivity index (χ4n) is 3.27. The summed E-state index contributed by atoms with van der Waals surface area (Å²) in [6, 6.07) is 14.8. The maximum Gasteiger partial charge on any atom is 0.341 e. The monoisotopic (exact) mass is 369 g/mol. The average molecular weight is 369 g/mol. The van der Waals surface area contributed by atoms with E-state index in [1.165, 1.54) is 0 Å². The first-order valence-corrected chi connectivity index (χ1v) is 8.91. The Morgan fingerprint density at radius 2 is 1.70 bits per heavy atom. The number of amides is 1. The summed E-state index contributed by atoms with van der Waals surface area (Å²) in [4.78, 5) is 23.8. The number of benzene rings is 2. The van der Waals surface area contributed by atoms with Gasteiger partial charge in [0.05, 0.1) is 5.41 Å². The van der Waals surface area contributed by atoms with Crippen molar-refractivity contribution in [3.05, 3.63) is 59.7 Å². The lowest BCUT2D eigenvalue weighted by Gasteiger charge is -2.36. The van der Waals surface area contributed by atoms with Gasteiger partial charge < -0.3 is 19.9 Å². The molecule has 0 bridgehead atoms. The molecule has 27 heavy (non-hydrogen) atoms. The molecule has 3 rings (SSSR count). The summed E-state index contributed by atoms with van der Waals surface area (Å²) in [5.41, 5.74) is 2.17. The third-order valence-electron chi connectivity index (χ3n) is 4.86. The molecule has 142 valence electrons. The fraction of sp³-hybridized carbons (Fsp3) is 0.333. The van der Waals surface area contributed by atoms with Crippen LogP contribution >= 0.6 is 0 Å². The van der Waals surface area contributed by atoms with Crippen molar-refractivity contribution in [2.75, 3.05) is 25.1 Å². The van der Waals surface area contributed by atoms with Gasteiger partial charge in [-0.1, -0.05) is 29.8 Å². The van der Waals surface area contributed by atoms with Gasteiger partial charge in [0.15, 0.2) is 6.61 Å². The summed E-state index contributed by atoms with van der Waals surface area (Å²) >= 11 is 0. The number of hydrogen-bond acceptors (Lipinski definition) is 4. The van der Waals surface area contributed by atoms with Gasteiger partial charge in [-0.25, -0.2) is 4.79 Å². The van der Waals surface area contributed by atoms with Crippen LogP contribution in [-0.4, -0.2) is 36.8 Å². The molecule has 1 amide bonds. The second kappa shape index (κ2) is 8.22. The Kier molecular flexibility index (Phi) is 5.76. The van der Waals surface area contributed by atoms with Crippen LogP contribution in [0.15, 0.2) is 48.5 Å². The number of carboxylic acid groups (broad SMARTS) is 1. The van der Waals surface area contributed by atoms with Crippen molar-refractivity contribution in [2.45, 2.75) is 25.2 Å². The minimum Gasteiger partial charge on any atom is -0.482 e. The number of carboxylic acids is 1. The molecule has 0 radical (unpaired) electrons. The zero-order valence-corrected chi connectivity index (χ0v) is 15.2. The lowest BCUT2D eigenvalue weighted by atomic mass is 9.73. The zero-order chi connectivity index (χ0) is 19.3. The molecule has 2 aromatic rings. The topological polar surface area (TPSA) is 84.9 Å². The second-order valence-corrected chi connectivity index (χ2v) is 6.72. The Labute approximate surface area is 158 Å². The third kappa shape index (κ3) is 4.46. The molecule has 0 unspecified atom stereocenters. The molecule has 0 atom stereocenters. The first-order chi connectivity index (χ1) is 13.0. The van der Waals surface area contributed by atoms with E-state index in [9.17, 15) is 9.59 Å². The predicted molar refractivity (Wildman–Crippen MR) is 101 cm³/mol. The molecule has 0 saturated carbocycles. The van der Waals surface area contributed by atoms with E-state index in [0.29, 0.717) is 37.5 Å². The highest BCUT2D eigenvalue weighted by Crippen LogP contribution is 2.36. The molecule has 1 heterocycles. The SMILES string of the molecule is Cc1ccc(C2(C(=O)Nc3ccc(OCC(=O)O)cc3)CCOCC2)cc1. The van der Waals surface area contributed by atoms with Crippen LogP contribution in [0, 0.1) is 6.92 Å². The van der Waals surface area contributed by atoms with Gasteiger partial charge in [-0.2, -0.15) is 0 Å². The van der Waals surface area contributed by atoms with E-state index in [1.54, 1.807) is 24.3 Å². The van der Waals surface area contributed by atoms with Crippen molar-refractivity contribution in [1.82, 2.24) is 0 Å². The van der Waals surface area contributed by atoms with Crippen molar-refractivity contribution in [1.29, 1.82) is 0 Å². The predicted octanol–water partition coefficient (Wildman–Crippen LogP) is 3.15. The molecule has 1 fully saturated rings. The van der Waals surface area contributed by atoms with Gasteiger partial charge in [-0.05, 0) is 49.6 Å². The van der Waals surface area contributed by atoms with Crippen molar-refractivity contribution in [3.8, 4) is 5.75 Å². The van der Waals surface area contributed by atoms with E-state index in [-0.39, 0.29) is 5.91 Å². The van der Waals surface area contributed by atoms with Crippen molar-refractivity contribution >= 4 is 17.6 Å². The molecular weight excluding hydrogens is 346 g/mol. The third-order valence-corrected chi connectivity index (χ3v) is 4.86. The number of nitrogens with one attached hydrogen (secondary N) is 1. The highest BCUT2D eigenvalue weighted by Gasteiger charge is 2.41. The number of ether oxygens (including phenoxy) is 2. The zero-order valence-electron chi connectivity index (χ0n) is 15.2. The van der Waals surface area contributed by atoms with Gasteiger partial charge in [0.1, 0.15) is 5.75 Å². The molecule has 1 saturated heterocycles. The first kappa shape index (κ1) is 18.9.